The van der Waals surface area contributed by atoms with Gasteiger partial charge in [0.2, 0.25) is 0 Å². The summed E-state index contributed by atoms with van der Waals surface area (Å²) in [5.74, 6) is -0.759. The highest BCUT2D eigenvalue weighted by Crippen LogP contribution is 2.25. The van der Waals surface area contributed by atoms with E-state index in [1.807, 2.05) is 30.3 Å². The molecule has 0 aliphatic rings. The van der Waals surface area contributed by atoms with Crippen molar-refractivity contribution in [2.75, 3.05) is 0 Å². The molecule has 0 heterocycles. The molecule has 3 rings (SSSR count). The lowest BCUT2D eigenvalue weighted by molar-refractivity contribution is -0.136. The first-order valence-corrected chi connectivity index (χ1v) is 7.69. The van der Waals surface area contributed by atoms with Crippen molar-refractivity contribution < 1.29 is 9.90 Å². The minimum Gasteiger partial charge on any atom is -0.481 e. The van der Waals surface area contributed by atoms with Gasteiger partial charge in [0.15, 0.2) is 0 Å². The van der Waals surface area contributed by atoms with Gasteiger partial charge in [-0.3, -0.25) is 4.79 Å². The van der Waals surface area contributed by atoms with Crippen LogP contribution in [-0.4, -0.2) is 11.1 Å². The number of aryl methyl sites for hydroxylation is 1. The first-order chi connectivity index (χ1) is 11.2. The van der Waals surface area contributed by atoms with Gasteiger partial charge in [0.1, 0.15) is 0 Å². The lowest BCUT2D eigenvalue weighted by Crippen LogP contribution is -1.97. The molecule has 3 aromatic rings. The van der Waals surface area contributed by atoms with E-state index in [-0.39, 0.29) is 6.42 Å². The second-order valence-corrected chi connectivity index (χ2v) is 5.53. The highest BCUT2D eigenvalue weighted by atomic mass is 16.4. The quantitative estimate of drug-likeness (QED) is 0.717. The van der Waals surface area contributed by atoms with Crippen molar-refractivity contribution in [2.24, 2.45) is 0 Å². The molecular weight excluding hydrogens is 284 g/mol. The van der Waals surface area contributed by atoms with E-state index in [1.54, 1.807) is 0 Å². The van der Waals surface area contributed by atoms with E-state index in [9.17, 15) is 4.79 Å². The van der Waals surface area contributed by atoms with E-state index in [4.69, 9.17) is 5.11 Å². The Morgan fingerprint density at radius 1 is 0.652 bits per heavy atom. The molecule has 0 amide bonds. The zero-order chi connectivity index (χ0) is 16.1. The minimum atomic E-state index is -0.759. The molecule has 1 N–H and O–H groups in total. The van der Waals surface area contributed by atoms with E-state index in [0.29, 0.717) is 6.42 Å². The van der Waals surface area contributed by atoms with Crippen molar-refractivity contribution in [3.8, 4) is 22.3 Å². The molecule has 3 aromatic carbocycles. The van der Waals surface area contributed by atoms with Gasteiger partial charge in [0.25, 0.3) is 0 Å². The van der Waals surface area contributed by atoms with E-state index in [0.717, 1.165) is 16.7 Å². The van der Waals surface area contributed by atoms with E-state index in [1.165, 1.54) is 11.1 Å². The first kappa shape index (κ1) is 15.0. The highest BCUT2D eigenvalue weighted by molar-refractivity contribution is 5.70. The van der Waals surface area contributed by atoms with Crippen LogP contribution in [0.2, 0.25) is 0 Å². The van der Waals surface area contributed by atoms with Crippen molar-refractivity contribution in [3.63, 3.8) is 0 Å². The Morgan fingerprint density at radius 2 is 1.09 bits per heavy atom. The molecule has 0 aliphatic heterocycles. The largest absolute Gasteiger partial charge is 0.481 e. The molecule has 2 nitrogen and oxygen atoms in total. The van der Waals surface area contributed by atoms with Gasteiger partial charge in [0.05, 0.1) is 0 Å². The highest BCUT2D eigenvalue weighted by Gasteiger charge is 2.02. The fourth-order valence-corrected chi connectivity index (χ4v) is 2.60. The first-order valence-electron chi connectivity index (χ1n) is 7.69. The number of carbonyl (C=O) groups is 1. The Kier molecular flexibility index (Phi) is 4.53. The van der Waals surface area contributed by atoms with Gasteiger partial charge >= 0.3 is 5.97 Å². The molecule has 23 heavy (non-hydrogen) atoms. The molecule has 0 saturated carbocycles. The number of carboxylic acids is 1. The van der Waals surface area contributed by atoms with Gasteiger partial charge in [0, 0.05) is 6.42 Å². The molecular formula is C21H18O2. The lowest BCUT2D eigenvalue weighted by atomic mass is 9.99. The molecule has 0 atom stereocenters. The fourth-order valence-electron chi connectivity index (χ4n) is 2.60. The molecule has 0 fully saturated rings. The summed E-state index contributed by atoms with van der Waals surface area (Å²) < 4.78 is 0. The zero-order valence-electron chi connectivity index (χ0n) is 12.8. The molecule has 0 bridgehead atoms. The molecule has 2 heteroatoms. The normalized spacial score (nSPS) is 10.4. The standard InChI is InChI=1S/C21H18O2/c22-21(23)15-8-16-6-9-18(10-7-16)20-13-11-19(12-14-20)17-4-2-1-3-5-17/h1-7,9-14H,8,15H2,(H,22,23). The summed E-state index contributed by atoms with van der Waals surface area (Å²) in [6, 6.07) is 26.9. The summed E-state index contributed by atoms with van der Waals surface area (Å²) in [5.41, 5.74) is 5.77. The van der Waals surface area contributed by atoms with Gasteiger partial charge in [-0.1, -0.05) is 78.9 Å². The van der Waals surface area contributed by atoms with Crippen LogP contribution in [0.15, 0.2) is 78.9 Å². The molecule has 0 unspecified atom stereocenters. The lowest BCUT2D eigenvalue weighted by Gasteiger charge is -2.06. The zero-order valence-corrected chi connectivity index (χ0v) is 12.8. The smallest absolute Gasteiger partial charge is 0.303 e. The maximum absolute atomic E-state index is 10.6. The SMILES string of the molecule is O=C(O)CCc1ccc(-c2ccc(-c3ccccc3)cc2)cc1. The summed E-state index contributed by atoms with van der Waals surface area (Å²) in [5, 5.41) is 8.73. The van der Waals surface area contributed by atoms with Crippen LogP contribution in [0.5, 0.6) is 0 Å². The maximum atomic E-state index is 10.6. The Morgan fingerprint density at radius 3 is 1.57 bits per heavy atom. The van der Waals surface area contributed by atoms with Crippen LogP contribution in [0.4, 0.5) is 0 Å². The number of aliphatic carboxylic acids is 1. The van der Waals surface area contributed by atoms with Crippen LogP contribution < -0.4 is 0 Å². The van der Waals surface area contributed by atoms with Gasteiger partial charge in [-0.25, -0.2) is 0 Å². The molecule has 0 aromatic heterocycles. The molecule has 0 saturated heterocycles. The minimum absolute atomic E-state index is 0.172. The van der Waals surface area contributed by atoms with Crippen molar-refractivity contribution in [1.29, 1.82) is 0 Å². The third-order valence-corrected chi connectivity index (χ3v) is 3.91. The third-order valence-electron chi connectivity index (χ3n) is 3.91. The molecule has 114 valence electrons. The summed E-state index contributed by atoms with van der Waals surface area (Å²) in [4.78, 5) is 10.6. The van der Waals surface area contributed by atoms with Gasteiger partial charge < -0.3 is 5.11 Å². The van der Waals surface area contributed by atoms with E-state index < -0.39 is 5.97 Å². The second-order valence-electron chi connectivity index (χ2n) is 5.53. The summed E-state index contributed by atoms with van der Waals surface area (Å²) in [6.07, 6.45) is 0.744. The van der Waals surface area contributed by atoms with Crippen molar-refractivity contribution in [3.05, 3.63) is 84.4 Å². The Bertz CT molecular complexity index is 772. The van der Waals surface area contributed by atoms with Crippen LogP contribution in [0, 0.1) is 0 Å². The number of benzene rings is 3. The average molecular weight is 302 g/mol. The maximum Gasteiger partial charge on any atom is 0.303 e. The monoisotopic (exact) mass is 302 g/mol. The number of rotatable bonds is 5. The molecule has 0 aliphatic carbocycles. The van der Waals surface area contributed by atoms with Crippen molar-refractivity contribution >= 4 is 5.97 Å². The summed E-state index contributed by atoms with van der Waals surface area (Å²) in [6.45, 7) is 0. The van der Waals surface area contributed by atoms with Crippen LogP contribution >= 0.6 is 0 Å². The van der Waals surface area contributed by atoms with E-state index in [2.05, 4.69) is 48.5 Å². The third kappa shape index (κ3) is 3.86. The fraction of sp³-hybridized carbons (Fsp3) is 0.0952. The van der Waals surface area contributed by atoms with Crippen molar-refractivity contribution in [2.45, 2.75) is 12.8 Å². The number of hydrogen-bond acceptors (Lipinski definition) is 1. The summed E-state index contributed by atoms with van der Waals surface area (Å²) >= 11 is 0. The van der Waals surface area contributed by atoms with Gasteiger partial charge in [-0.05, 0) is 34.2 Å². The van der Waals surface area contributed by atoms with Crippen molar-refractivity contribution in [1.82, 2.24) is 0 Å². The van der Waals surface area contributed by atoms with Gasteiger partial charge in [-0.15, -0.1) is 0 Å². The Labute approximate surface area is 136 Å². The van der Waals surface area contributed by atoms with Crippen LogP contribution in [0.1, 0.15) is 12.0 Å². The Balaban J connectivity index is 1.76. The molecule has 0 spiro atoms. The topological polar surface area (TPSA) is 37.3 Å². The Hall–Kier alpha value is -2.87. The second kappa shape index (κ2) is 6.93. The van der Waals surface area contributed by atoms with Crippen LogP contribution in [-0.2, 0) is 11.2 Å². The average Bonchev–Trinajstić information content (AvgIpc) is 2.61. The predicted octanol–water partition coefficient (Wildman–Crippen LogP) is 5.04. The number of hydrogen-bond donors (Lipinski definition) is 1. The van der Waals surface area contributed by atoms with Gasteiger partial charge in [-0.2, -0.15) is 0 Å². The van der Waals surface area contributed by atoms with E-state index >= 15 is 0 Å². The van der Waals surface area contributed by atoms with Crippen LogP contribution in [0.25, 0.3) is 22.3 Å². The summed E-state index contributed by atoms with van der Waals surface area (Å²) in [7, 11) is 0. The number of carboxylic acid groups (broad SMARTS) is 1. The molecule has 0 radical (unpaired) electrons. The predicted molar refractivity (Wildman–Crippen MR) is 93.3 cm³/mol. The van der Waals surface area contributed by atoms with Crippen LogP contribution in [0.3, 0.4) is 0 Å².